The molecule has 3 rings (SSSR count). The maximum absolute atomic E-state index is 12.2. The summed E-state index contributed by atoms with van der Waals surface area (Å²) < 4.78 is 0. The number of rotatable bonds is 3. The van der Waals surface area contributed by atoms with E-state index in [1.54, 1.807) is 0 Å². The Morgan fingerprint density at radius 3 is 2.63 bits per heavy atom. The van der Waals surface area contributed by atoms with Crippen molar-refractivity contribution in [2.45, 2.75) is 51.0 Å². The highest BCUT2D eigenvalue weighted by Gasteiger charge is 2.40. The van der Waals surface area contributed by atoms with E-state index in [1.165, 1.54) is 0 Å². The average Bonchev–Trinajstić information content (AvgIpc) is 3.02. The number of hydrogen-bond donors (Lipinski definition) is 2. The highest BCUT2D eigenvalue weighted by molar-refractivity contribution is 5.80. The Labute approximate surface area is 115 Å². The normalized spacial score (nSPS) is 44.5. The highest BCUT2D eigenvalue weighted by atomic mass is 16.3. The number of fused-ring (bicyclic) bond motifs is 2. The minimum atomic E-state index is -0.657. The van der Waals surface area contributed by atoms with Gasteiger partial charge in [-0.25, -0.2) is 0 Å². The van der Waals surface area contributed by atoms with Crippen LogP contribution in [0.25, 0.3) is 0 Å². The van der Waals surface area contributed by atoms with Gasteiger partial charge in [-0.3, -0.25) is 4.79 Å². The Morgan fingerprint density at radius 2 is 2.05 bits per heavy atom. The lowest BCUT2D eigenvalue weighted by Gasteiger charge is -2.35. The van der Waals surface area contributed by atoms with Crippen LogP contribution in [0.5, 0.6) is 0 Å². The van der Waals surface area contributed by atoms with Crippen molar-refractivity contribution in [3.63, 3.8) is 0 Å². The molecule has 0 aromatic heterocycles. The molecule has 3 aliphatic carbocycles. The molecular formula is C16H25NO2. The predicted molar refractivity (Wildman–Crippen MR) is 74.4 cm³/mol. The van der Waals surface area contributed by atoms with E-state index >= 15 is 0 Å². The first kappa shape index (κ1) is 13.2. The molecule has 3 nitrogen and oxygen atoms in total. The van der Waals surface area contributed by atoms with Crippen LogP contribution in [0, 0.1) is 23.7 Å². The van der Waals surface area contributed by atoms with Gasteiger partial charge in [0.25, 0.3) is 0 Å². The third-order valence-electron chi connectivity index (χ3n) is 5.41. The second kappa shape index (κ2) is 4.93. The van der Waals surface area contributed by atoms with E-state index < -0.39 is 5.60 Å². The van der Waals surface area contributed by atoms with Crippen molar-refractivity contribution in [2.24, 2.45) is 23.7 Å². The van der Waals surface area contributed by atoms with Crippen LogP contribution < -0.4 is 5.32 Å². The van der Waals surface area contributed by atoms with Gasteiger partial charge in [0.15, 0.2) is 0 Å². The third-order valence-corrected chi connectivity index (χ3v) is 5.41. The SMILES string of the molecule is CC1CCC(O)(CNC(=O)C2CC3C=CC2C3)CC1. The summed E-state index contributed by atoms with van der Waals surface area (Å²) in [6.45, 7) is 2.68. The molecule has 2 bridgehead atoms. The molecule has 0 saturated heterocycles. The zero-order valence-corrected chi connectivity index (χ0v) is 11.8. The molecule has 3 unspecified atom stereocenters. The van der Waals surface area contributed by atoms with Crippen LogP contribution in [-0.4, -0.2) is 23.2 Å². The fourth-order valence-corrected chi connectivity index (χ4v) is 3.94. The number of aliphatic hydroxyl groups is 1. The standard InChI is InChI=1S/C16H25NO2/c1-11-4-6-16(19,7-5-11)10-17-15(18)14-9-12-2-3-13(14)8-12/h2-3,11-14,19H,4-10H2,1H3,(H,17,18). The maximum atomic E-state index is 12.2. The number of carbonyl (C=O) groups excluding carboxylic acids is 1. The van der Waals surface area contributed by atoms with Gasteiger partial charge >= 0.3 is 0 Å². The largest absolute Gasteiger partial charge is 0.388 e. The van der Waals surface area contributed by atoms with E-state index in [4.69, 9.17) is 0 Å². The molecule has 2 saturated carbocycles. The lowest BCUT2D eigenvalue weighted by atomic mass is 9.79. The zero-order valence-electron chi connectivity index (χ0n) is 11.8. The molecular weight excluding hydrogens is 238 g/mol. The number of hydrogen-bond acceptors (Lipinski definition) is 2. The molecule has 0 spiro atoms. The van der Waals surface area contributed by atoms with Gasteiger partial charge in [-0.1, -0.05) is 19.1 Å². The molecule has 19 heavy (non-hydrogen) atoms. The highest BCUT2D eigenvalue weighted by Crippen LogP contribution is 2.43. The Bertz CT molecular complexity index is 382. The van der Waals surface area contributed by atoms with Crippen molar-refractivity contribution >= 4 is 5.91 Å². The van der Waals surface area contributed by atoms with E-state index in [2.05, 4.69) is 24.4 Å². The van der Waals surface area contributed by atoms with Crippen LogP contribution in [0.15, 0.2) is 12.2 Å². The molecule has 0 aromatic carbocycles. The van der Waals surface area contributed by atoms with Crippen molar-refractivity contribution in [1.82, 2.24) is 5.32 Å². The lowest BCUT2D eigenvalue weighted by molar-refractivity contribution is -0.127. The van der Waals surface area contributed by atoms with Crippen molar-refractivity contribution in [3.8, 4) is 0 Å². The van der Waals surface area contributed by atoms with Gasteiger partial charge in [-0.15, -0.1) is 0 Å². The topological polar surface area (TPSA) is 49.3 Å². The van der Waals surface area contributed by atoms with Crippen LogP contribution in [0.4, 0.5) is 0 Å². The Balaban J connectivity index is 1.49. The quantitative estimate of drug-likeness (QED) is 0.767. The summed E-state index contributed by atoms with van der Waals surface area (Å²) in [5.74, 6) is 2.10. The maximum Gasteiger partial charge on any atom is 0.223 e. The first-order chi connectivity index (χ1) is 9.06. The van der Waals surface area contributed by atoms with E-state index in [1.807, 2.05) is 0 Å². The molecule has 0 heterocycles. The third kappa shape index (κ3) is 2.71. The van der Waals surface area contributed by atoms with Gasteiger partial charge in [0.1, 0.15) is 0 Å². The van der Waals surface area contributed by atoms with Gasteiger partial charge in [0, 0.05) is 12.5 Å². The van der Waals surface area contributed by atoms with Crippen molar-refractivity contribution < 1.29 is 9.90 Å². The van der Waals surface area contributed by atoms with E-state index in [-0.39, 0.29) is 11.8 Å². The summed E-state index contributed by atoms with van der Waals surface area (Å²) in [6.07, 6.45) is 10.4. The minimum absolute atomic E-state index is 0.154. The van der Waals surface area contributed by atoms with Crippen LogP contribution >= 0.6 is 0 Å². The number of allylic oxidation sites excluding steroid dienone is 2. The average molecular weight is 263 g/mol. The smallest absolute Gasteiger partial charge is 0.223 e. The summed E-state index contributed by atoms with van der Waals surface area (Å²) in [5, 5.41) is 13.5. The Kier molecular flexibility index (Phi) is 3.42. The number of carbonyl (C=O) groups is 1. The van der Waals surface area contributed by atoms with Crippen molar-refractivity contribution in [1.29, 1.82) is 0 Å². The molecule has 3 aliphatic rings. The summed E-state index contributed by atoms with van der Waals surface area (Å²) in [5.41, 5.74) is -0.657. The van der Waals surface area contributed by atoms with Gasteiger partial charge in [0.2, 0.25) is 5.91 Å². The van der Waals surface area contributed by atoms with E-state index in [9.17, 15) is 9.90 Å². The molecule has 3 heteroatoms. The number of nitrogens with one attached hydrogen (secondary N) is 1. The molecule has 3 atom stereocenters. The molecule has 0 aliphatic heterocycles. The van der Waals surface area contributed by atoms with Gasteiger partial charge in [-0.2, -0.15) is 0 Å². The second-order valence-electron chi connectivity index (χ2n) is 7.01. The van der Waals surface area contributed by atoms with Crippen LogP contribution in [0.3, 0.4) is 0 Å². The van der Waals surface area contributed by atoms with Crippen LogP contribution in [-0.2, 0) is 4.79 Å². The Morgan fingerprint density at radius 1 is 1.32 bits per heavy atom. The van der Waals surface area contributed by atoms with Crippen molar-refractivity contribution in [3.05, 3.63) is 12.2 Å². The Hall–Kier alpha value is -0.830. The van der Waals surface area contributed by atoms with Crippen molar-refractivity contribution in [2.75, 3.05) is 6.54 Å². The second-order valence-corrected chi connectivity index (χ2v) is 7.01. The lowest BCUT2D eigenvalue weighted by Crippen LogP contribution is -2.47. The fourth-order valence-electron chi connectivity index (χ4n) is 3.94. The molecule has 106 valence electrons. The molecule has 2 fully saturated rings. The van der Waals surface area contributed by atoms with Crippen LogP contribution in [0.2, 0.25) is 0 Å². The number of amides is 1. The first-order valence-electron chi connectivity index (χ1n) is 7.74. The molecule has 2 N–H and O–H groups in total. The van der Waals surface area contributed by atoms with Gasteiger partial charge in [0.05, 0.1) is 5.60 Å². The fraction of sp³-hybridized carbons (Fsp3) is 0.812. The first-order valence-corrected chi connectivity index (χ1v) is 7.74. The monoisotopic (exact) mass is 263 g/mol. The molecule has 0 aromatic rings. The van der Waals surface area contributed by atoms with Gasteiger partial charge < -0.3 is 10.4 Å². The predicted octanol–water partition coefficient (Wildman–Crippen LogP) is 2.26. The molecule has 1 amide bonds. The summed E-state index contributed by atoms with van der Waals surface area (Å²) in [4.78, 5) is 12.2. The van der Waals surface area contributed by atoms with E-state index in [0.717, 1.165) is 38.5 Å². The summed E-state index contributed by atoms with van der Waals surface area (Å²) >= 11 is 0. The summed E-state index contributed by atoms with van der Waals surface area (Å²) in [7, 11) is 0. The van der Waals surface area contributed by atoms with E-state index in [0.29, 0.717) is 24.3 Å². The minimum Gasteiger partial charge on any atom is -0.388 e. The zero-order chi connectivity index (χ0) is 13.5. The van der Waals surface area contributed by atoms with Gasteiger partial charge in [-0.05, 0) is 56.3 Å². The summed E-state index contributed by atoms with van der Waals surface area (Å²) in [6, 6.07) is 0. The molecule has 0 radical (unpaired) electrons. The van der Waals surface area contributed by atoms with Crippen LogP contribution in [0.1, 0.15) is 45.4 Å².